The Morgan fingerprint density at radius 2 is 1.85 bits per heavy atom. The summed E-state index contributed by atoms with van der Waals surface area (Å²) in [6.07, 6.45) is 3.48. The molecule has 6 heteroatoms. The highest BCUT2D eigenvalue weighted by molar-refractivity contribution is 5.93. The molecule has 0 bridgehead atoms. The summed E-state index contributed by atoms with van der Waals surface area (Å²) in [5, 5.41) is 7.78. The summed E-state index contributed by atoms with van der Waals surface area (Å²) in [4.78, 5) is 20.4. The van der Waals surface area contributed by atoms with Gasteiger partial charge in [-0.15, -0.1) is 0 Å². The average Bonchev–Trinajstić information content (AvgIpc) is 2.99. The Bertz CT molecular complexity index is 931. The fourth-order valence-corrected chi connectivity index (χ4v) is 3.50. The van der Waals surface area contributed by atoms with Gasteiger partial charge in [-0.2, -0.15) is 5.10 Å². The van der Waals surface area contributed by atoms with Gasteiger partial charge in [0.2, 0.25) is 0 Å². The van der Waals surface area contributed by atoms with Crippen molar-refractivity contribution in [2.24, 2.45) is 0 Å². The molecule has 0 saturated heterocycles. The summed E-state index contributed by atoms with van der Waals surface area (Å²) < 4.78 is 0. The van der Waals surface area contributed by atoms with Crippen LogP contribution in [0.3, 0.4) is 0 Å². The molecule has 1 aliphatic heterocycles. The van der Waals surface area contributed by atoms with E-state index < -0.39 is 0 Å². The van der Waals surface area contributed by atoms with E-state index in [1.807, 2.05) is 30.3 Å². The number of fused-ring (bicyclic) bond motifs is 1. The Balaban J connectivity index is 1.52. The molecular formula is C21H23N5O. The maximum absolute atomic E-state index is 12.0. The molecule has 0 spiro atoms. The first-order valence-corrected chi connectivity index (χ1v) is 9.17. The van der Waals surface area contributed by atoms with Crippen LogP contribution in [0.4, 0.5) is 5.82 Å². The van der Waals surface area contributed by atoms with E-state index in [4.69, 9.17) is 0 Å². The number of carbonyl (C=O) groups excluding carboxylic acids is 1. The van der Waals surface area contributed by atoms with E-state index in [9.17, 15) is 4.79 Å². The first-order chi connectivity index (χ1) is 13.1. The summed E-state index contributed by atoms with van der Waals surface area (Å²) in [5.74, 6) is 0.878. The van der Waals surface area contributed by atoms with Gasteiger partial charge in [-0.25, -0.2) is 4.98 Å². The van der Waals surface area contributed by atoms with Gasteiger partial charge in [0.05, 0.1) is 11.3 Å². The van der Waals surface area contributed by atoms with Gasteiger partial charge in [0.1, 0.15) is 5.82 Å². The van der Waals surface area contributed by atoms with Crippen molar-refractivity contribution < 1.29 is 4.79 Å². The summed E-state index contributed by atoms with van der Waals surface area (Å²) in [6, 6.07) is 14.1. The van der Waals surface area contributed by atoms with Crippen molar-refractivity contribution in [1.29, 1.82) is 0 Å². The number of nitrogens with one attached hydrogen (secondary N) is 1. The Labute approximate surface area is 158 Å². The number of aromatic nitrogens is 3. The molecule has 0 fully saturated rings. The smallest absolute Gasteiger partial charge is 0.254 e. The third-order valence-electron chi connectivity index (χ3n) is 4.99. The van der Waals surface area contributed by atoms with E-state index in [0.717, 1.165) is 43.0 Å². The van der Waals surface area contributed by atoms with Crippen molar-refractivity contribution in [1.82, 2.24) is 20.1 Å². The minimum Gasteiger partial charge on any atom is -0.356 e. The highest BCUT2D eigenvalue weighted by atomic mass is 16.2. The van der Waals surface area contributed by atoms with Gasteiger partial charge in [0.25, 0.3) is 5.91 Å². The number of H-pyrrole nitrogens is 1. The summed E-state index contributed by atoms with van der Waals surface area (Å²) in [7, 11) is 3.49. The first kappa shape index (κ1) is 17.3. The molecule has 138 valence electrons. The molecule has 0 atom stereocenters. The normalized spacial score (nSPS) is 13.8. The van der Waals surface area contributed by atoms with Crippen LogP contribution >= 0.6 is 0 Å². The third-order valence-corrected chi connectivity index (χ3v) is 4.99. The SMILES string of the molecule is CN(C)C(=O)c1ccc(N2CCc3[nH]nc(-c4ccccc4)c3CC2)nc1. The van der Waals surface area contributed by atoms with E-state index >= 15 is 0 Å². The Kier molecular flexibility index (Phi) is 4.62. The Hall–Kier alpha value is -3.15. The van der Waals surface area contributed by atoms with Crippen LogP contribution in [0.1, 0.15) is 21.6 Å². The summed E-state index contributed by atoms with van der Waals surface area (Å²) >= 11 is 0. The molecule has 6 nitrogen and oxygen atoms in total. The number of carbonyl (C=O) groups is 1. The Morgan fingerprint density at radius 1 is 1.07 bits per heavy atom. The van der Waals surface area contributed by atoms with Crippen molar-refractivity contribution in [3.63, 3.8) is 0 Å². The fraction of sp³-hybridized carbons (Fsp3) is 0.286. The Morgan fingerprint density at radius 3 is 2.56 bits per heavy atom. The molecule has 0 saturated carbocycles. The topological polar surface area (TPSA) is 65.1 Å². The lowest BCUT2D eigenvalue weighted by atomic mass is 10.0. The highest BCUT2D eigenvalue weighted by Gasteiger charge is 2.21. The molecule has 3 heterocycles. The molecule has 4 rings (SSSR count). The van der Waals surface area contributed by atoms with Crippen molar-refractivity contribution >= 4 is 11.7 Å². The van der Waals surface area contributed by atoms with Crippen LogP contribution < -0.4 is 4.90 Å². The molecule has 1 N–H and O–H groups in total. The van der Waals surface area contributed by atoms with E-state index in [2.05, 4.69) is 32.2 Å². The van der Waals surface area contributed by atoms with Gasteiger partial charge in [0, 0.05) is 56.6 Å². The van der Waals surface area contributed by atoms with E-state index in [-0.39, 0.29) is 5.91 Å². The van der Waals surface area contributed by atoms with Gasteiger partial charge in [0.15, 0.2) is 0 Å². The number of aromatic amines is 1. The minimum atomic E-state index is -0.0292. The number of benzene rings is 1. The van der Waals surface area contributed by atoms with Crippen LogP contribution in [0, 0.1) is 0 Å². The largest absolute Gasteiger partial charge is 0.356 e. The second-order valence-electron chi connectivity index (χ2n) is 6.99. The molecule has 0 radical (unpaired) electrons. The molecule has 2 aromatic heterocycles. The first-order valence-electron chi connectivity index (χ1n) is 9.17. The second-order valence-corrected chi connectivity index (χ2v) is 6.99. The highest BCUT2D eigenvalue weighted by Crippen LogP contribution is 2.27. The second kappa shape index (κ2) is 7.23. The van der Waals surface area contributed by atoms with Gasteiger partial charge in [-0.05, 0) is 18.6 Å². The van der Waals surface area contributed by atoms with E-state index in [1.54, 1.807) is 25.2 Å². The minimum absolute atomic E-state index is 0.0292. The van der Waals surface area contributed by atoms with E-state index in [0.29, 0.717) is 5.56 Å². The van der Waals surface area contributed by atoms with Gasteiger partial charge in [-0.3, -0.25) is 9.89 Å². The van der Waals surface area contributed by atoms with Crippen LogP contribution in [-0.2, 0) is 12.8 Å². The molecule has 1 aliphatic rings. The molecule has 0 aliphatic carbocycles. The van der Waals surface area contributed by atoms with Gasteiger partial charge in [-0.1, -0.05) is 30.3 Å². The zero-order chi connectivity index (χ0) is 18.8. The summed E-state index contributed by atoms with van der Waals surface area (Å²) in [5.41, 5.74) is 5.30. The molecule has 0 unspecified atom stereocenters. The number of pyridine rings is 1. The number of hydrogen-bond donors (Lipinski definition) is 1. The van der Waals surface area contributed by atoms with Crippen LogP contribution in [0.15, 0.2) is 48.7 Å². The zero-order valence-corrected chi connectivity index (χ0v) is 15.6. The van der Waals surface area contributed by atoms with Crippen LogP contribution in [0.25, 0.3) is 11.3 Å². The fourth-order valence-electron chi connectivity index (χ4n) is 3.50. The quantitative estimate of drug-likeness (QED) is 0.779. The van der Waals surface area contributed by atoms with Gasteiger partial charge < -0.3 is 9.80 Å². The molecular weight excluding hydrogens is 338 g/mol. The average molecular weight is 361 g/mol. The van der Waals surface area contributed by atoms with Crippen LogP contribution in [0.2, 0.25) is 0 Å². The summed E-state index contributed by atoms with van der Waals surface area (Å²) in [6.45, 7) is 1.75. The van der Waals surface area contributed by atoms with Crippen molar-refractivity contribution in [2.45, 2.75) is 12.8 Å². The predicted molar refractivity (Wildman–Crippen MR) is 106 cm³/mol. The molecule has 1 amide bonds. The predicted octanol–water partition coefficient (Wildman–Crippen LogP) is 2.78. The lowest BCUT2D eigenvalue weighted by Gasteiger charge is -2.21. The molecule has 27 heavy (non-hydrogen) atoms. The maximum Gasteiger partial charge on any atom is 0.254 e. The monoisotopic (exact) mass is 361 g/mol. The van der Waals surface area contributed by atoms with Crippen molar-refractivity contribution in [3.8, 4) is 11.3 Å². The van der Waals surface area contributed by atoms with Crippen molar-refractivity contribution in [2.75, 3.05) is 32.1 Å². The maximum atomic E-state index is 12.0. The number of nitrogens with zero attached hydrogens (tertiary/aromatic N) is 4. The van der Waals surface area contributed by atoms with Crippen LogP contribution in [-0.4, -0.2) is 53.2 Å². The van der Waals surface area contributed by atoms with E-state index in [1.165, 1.54) is 11.3 Å². The number of amides is 1. The van der Waals surface area contributed by atoms with Crippen molar-refractivity contribution in [3.05, 3.63) is 65.5 Å². The number of hydrogen-bond acceptors (Lipinski definition) is 4. The standard InChI is InChI=1S/C21H23N5O/c1-25(2)21(27)16-8-9-19(22-14-16)26-12-10-17-18(11-13-26)23-24-20(17)15-6-4-3-5-7-15/h3-9,14H,10-13H2,1-2H3,(H,23,24). The van der Waals surface area contributed by atoms with Gasteiger partial charge >= 0.3 is 0 Å². The lowest BCUT2D eigenvalue weighted by Crippen LogP contribution is -2.27. The third kappa shape index (κ3) is 3.43. The lowest BCUT2D eigenvalue weighted by molar-refractivity contribution is 0.0827. The van der Waals surface area contributed by atoms with Crippen LogP contribution in [0.5, 0.6) is 0 Å². The zero-order valence-electron chi connectivity index (χ0n) is 15.6. The molecule has 3 aromatic rings. The molecule has 1 aromatic carbocycles. The number of rotatable bonds is 3. The number of anilines is 1.